The van der Waals surface area contributed by atoms with E-state index >= 15 is 0 Å². The molecule has 0 saturated carbocycles. The van der Waals surface area contributed by atoms with Gasteiger partial charge in [0.25, 0.3) is 11.7 Å². The predicted molar refractivity (Wildman–Crippen MR) is 111 cm³/mol. The van der Waals surface area contributed by atoms with Gasteiger partial charge >= 0.3 is 0 Å². The number of nitrogens with zero attached hydrogens (tertiary/aromatic N) is 2. The number of amides is 1. The van der Waals surface area contributed by atoms with Crippen LogP contribution in [0.5, 0.6) is 5.88 Å². The van der Waals surface area contributed by atoms with Crippen molar-refractivity contribution in [2.45, 2.75) is 6.92 Å². The molecule has 0 bridgehead atoms. The first kappa shape index (κ1) is 18.4. The highest BCUT2D eigenvalue weighted by Gasteiger charge is 2.25. The van der Waals surface area contributed by atoms with Crippen LogP contribution in [0.1, 0.15) is 16.1 Å². The van der Waals surface area contributed by atoms with Crippen LogP contribution < -0.4 is 10.1 Å². The molecule has 0 radical (unpaired) electrons. The van der Waals surface area contributed by atoms with E-state index in [4.69, 9.17) is 4.74 Å². The number of aromatic nitrogens is 2. The van der Waals surface area contributed by atoms with Crippen LogP contribution >= 0.6 is 0 Å². The van der Waals surface area contributed by atoms with E-state index in [1.54, 1.807) is 22.7 Å². The fourth-order valence-electron chi connectivity index (χ4n) is 3.28. The number of fused-ring (bicyclic) bond motifs is 1. The Hall–Kier alpha value is -3.93. The first-order valence-corrected chi connectivity index (χ1v) is 9.10. The van der Waals surface area contributed by atoms with Crippen molar-refractivity contribution in [1.29, 1.82) is 0 Å². The number of hydrogen-bond acceptors (Lipinski definition) is 4. The smallest absolute Gasteiger partial charge is 0.298 e. The van der Waals surface area contributed by atoms with Crippen molar-refractivity contribution in [2.24, 2.45) is 0 Å². The number of carbonyl (C=O) groups is 2. The zero-order valence-electron chi connectivity index (χ0n) is 16.0. The zero-order chi connectivity index (χ0) is 20.4. The first-order valence-electron chi connectivity index (χ1n) is 9.10. The third-order valence-corrected chi connectivity index (χ3v) is 4.73. The van der Waals surface area contributed by atoms with E-state index in [1.807, 2.05) is 55.5 Å². The van der Waals surface area contributed by atoms with Crippen LogP contribution in [0.2, 0.25) is 0 Å². The van der Waals surface area contributed by atoms with Gasteiger partial charge in [-0.25, -0.2) is 4.98 Å². The summed E-state index contributed by atoms with van der Waals surface area (Å²) in [5, 5.41) is 2.62. The molecule has 1 amide bonds. The summed E-state index contributed by atoms with van der Waals surface area (Å²) in [4.78, 5) is 30.0. The summed E-state index contributed by atoms with van der Waals surface area (Å²) in [6.45, 7) is 1.97. The van der Waals surface area contributed by atoms with Gasteiger partial charge in [0.1, 0.15) is 5.69 Å². The molecule has 29 heavy (non-hydrogen) atoms. The molecule has 1 N–H and O–H groups in total. The number of nitrogens with one attached hydrogen (secondary N) is 1. The van der Waals surface area contributed by atoms with E-state index < -0.39 is 11.7 Å². The monoisotopic (exact) mass is 385 g/mol. The molecular formula is C23H19N3O3. The summed E-state index contributed by atoms with van der Waals surface area (Å²) in [5.41, 5.74) is 4.24. The minimum atomic E-state index is -0.726. The van der Waals surface area contributed by atoms with Crippen molar-refractivity contribution < 1.29 is 14.3 Å². The maximum Gasteiger partial charge on any atom is 0.298 e. The van der Waals surface area contributed by atoms with E-state index in [-0.39, 0.29) is 0 Å². The second-order valence-corrected chi connectivity index (χ2v) is 6.59. The molecule has 0 aliphatic heterocycles. The van der Waals surface area contributed by atoms with Gasteiger partial charge in [-0.2, -0.15) is 0 Å². The number of ketones is 1. The Morgan fingerprint density at radius 1 is 1.03 bits per heavy atom. The number of carbonyl (C=O) groups excluding carboxylic acids is 2. The highest BCUT2D eigenvalue weighted by Crippen LogP contribution is 2.29. The minimum Gasteiger partial charge on any atom is -0.481 e. The van der Waals surface area contributed by atoms with Crippen molar-refractivity contribution in [2.75, 3.05) is 12.4 Å². The van der Waals surface area contributed by atoms with E-state index in [0.717, 1.165) is 16.6 Å². The second kappa shape index (κ2) is 7.59. The normalized spacial score (nSPS) is 10.7. The number of methoxy groups -OCH3 is 1. The third kappa shape index (κ3) is 3.48. The number of aryl methyl sites for hydroxylation is 1. The molecule has 0 aliphatic carbocycles. The quantitative estimate of drug-likeness (QED) is 0.414. The van der Waals surface area contributed by atoms with Gasteiger partial charge in [0, 0.05) is 23.3 Å². The minimum absolute atomic E-state index is 0.328. The average Bonchev–Trinajstić information content (AvgIpc) is 3.15. The molecule has 3 aromatic heterocycles. The molecule has 4 aromatic rings. The van der Waals surface area contributed by atoms with E-state index in [0.29, 0.717) is 22.8 Å². The molecule has 144 valence electrons. The molecule has 3 heterocycles. The van der Waals surface area contributed by atoms with Crippen LogP contribution in [0, 0.1) is 6.92 Å². The Morgan fingerprint density at radius 2 is 1.83 bits per heavy atom. The molecule has 0 aliphatic rings. The molecule has 6 nitrogen and oxygen atoms in total. The molecule has 4 rings (SSSR count). The number of hydrogen-bond donors (Lipinski definition) is 1. The second-order valence-electron chi connectivity index (χ2n) is 6.59. The SMILES string of the molecule is COc1ccc(NC(=O)C(=O)c2c(-c3ccccc3)cc3c(C)cccn23)cn1. The molecule has 0 fully saturated rings. The van der Waals surface area contributed by atoms with Gasteiger partial charge in [0.05, 0.1) is 19.0 Å². The Morgan fingerprint density at radius 3 is 2.52 bits per heavy atom. The topological polar surface area (TPSA) is 72.7 Å². The van der Waals surface area contributed by atoms with Crippen LogP contribution in [0.25, 0.3) is 16.6 Å². The van der Waals surface area contributed by atoms with Gasteiger partial charge in [-0.3, -0.25) is 9.59 Å². The van der Waals surface area contributed by atoms with E-state index in [1.165, 1.54) is 13.3 Å². The van der Waals surface area contributed by atoms with Gasteiger partial charge < -0.3 is 14.5 Å². The number of anilines is 1. The molecule has 0 unspecified atom stereocenters. The predicted octanol–water partition coefficient (Wildman–Crippen LogP) is 4.14. The number of Topliss-reactive ketones (excluding diaryl/α,β-unsaturated/α-hetero) is 1. The average molecular weight is 385 g/mol. The Kier molecular flexibility index (Phi) is 4.83. The summed E-state index contributed by atoms with van der Waals surface area (Å²) in [7, 11) is 1.51. The van der Waals surface area contributed by atoms with Crippen LogP contribution in [-0.4, -0.2) is 28.2 Å². The van der Waals surface area contributed by atoms with Gasteiger partial charge in [0.15, 0.2) is 0 Å². The van der Waals surface area contributed by atoms with E-state index in [2.05, 4.69) is 10.3 Å². The first-order chi connectivity index (χ1) is 14.1. The molecule has 1 aromatic carbocycles. The lowest BCUT2D eigenvalue weighted by atomic mass is 10.0. The molecule has 0 saturated heterocycles. The lowest BCUT2D eigenvalue weighted by molar-refractivity contribution is -0.112. The van der Waals surface area contributed by atoms with Crippen LogP contribution in [0.15, 0.2) is 73.1 Å². The Balaban J connectivity index is 1.76. The van der Waals surface area contributed by atoms with Gasteiger partial charge in [-0.05, 0) is 36.2 Å². The largest absolute Gasteiger partial charge is 0.481 e. The lowest BCUT2D eigenvalue weighted by Crippen LogP contribution is -2.24. The zero-order valence-corrected chi connectivity index (χ0v) is 16.0. The number of benzene rings is 1. The van der Waals surface area contributed by atoms with Gasteiger partial charge in [0.2, 0.25) is 5.88 Å². The summed E-state index contributed by atoms with van der Waals surface area (Å²) >= 11 is 0. The maximum absolute atomic E-state index is 13.2. The lowest BCUT2D eigenvalue weighted by Gasteiger charge is -2.08. The van der Waals surface area contributed by atoms with Crippen LogP contribution in [-0.2, 0) is 4.79 Å². The van der Waals surface area contributed by atoms with E-state index in [9.17, 15) is 9.59 Å². The standard InChI is InChI=1S/C23H19N3O3/c1-15-7-6-12-26-19(15)13-18(16-8-4-3-5-9-16)21(26)22(27)23(28)25-17-10-11-20(29-2)24-14-17/h3-14H,1-2H3,(H,25,28). The summed E-state index contributed by atoms with van der Waals surface area (Å²) in [6.07, 6.45) is 3.24. The molecular weight excluding hydrogens is 366 g/mol. The van der Waals surface area contributed by atoms with Crippen molar-refractivity contribution >= 4 is 22.9 Å². The molecule has 0 atom stereocenters. The van der Waals surface area contributed by atoms with Crippen LogP contribution in [0.4, 0.5) is 5.69 Å². The Bertz CT molecular complexity index is 1200. The Labute approximate surface area is 167 Å². The fourth-order valence-corrected chi connectivity index (χ4v) is 3.28. The van der Waals surface area contributed by atoms with Crippen LogP contribution in [0.3, 0.4) is 0 Å². The van der Waals surface area contributed by atoms with Gasteiger partial charge in [-0.15, -0.1) is 0 Å². The van der Waals surface area contributed by atoms with Crippen molar-refractivity contribution in [1.82, 2.24) is 9.38 Å². The molecule has 0 spiro atoms. The summed E-state index contributed by atoms with van der Waals surface area (Å²) in [5.74, 6) is -0.922. The van der Waals surface area contributed by atoms with Crippen molar-refractivity contribution in [3.8, 4) is 17.0 Å². The maximum atomic E-state index is 13.2. The highest BCUT2D eigenvalue weighted by atomic mass is 16.5. The van der Waals surface area contributed by atoms with Crippen molar-refractivity contribution in [3.63, 3.8) is 0 Å². The van der Waals surface area contributed by atoms with Gasteiger partial charge in [-0.1, -0.05) is 36.4 Å². The summed E-state index contributed by atoms with van der Waals surface area (Å²) in [6, 6.07) is 18.6. The molecule has 6 heteroatoms. The highest BCUT2D eigenvalue weighted by molar-refractivity contribution is 6.47. The number of ether oxygens (including phenoxy) is 1. The fraction of sp³-hybridized carbons (Fsp3) is 0.0870. The third-order valence-electron chi connectivity index (χ3n) is 4.73. The van der Waals surface area contributed by atoms with Crippen molar-refractivity contribution in [3.05, 3.63) is 84.3 Å². The number of pyridine rings is 2. The summed E-state index contributed by atoms with van der Waals surface area (Å²) < 4.78 is 6.78. The number of rotatable bonds is 5.